The third-order valence-corrected chi connectivity index (χ3v) is 6.22. The second-order valence-corrected chi connectivity index (χ2v) is 7.80. The quantitative estimate of drug-likeness (QED) is 0.476. The number of halogens is 1. The summed E-state index contributed by atoms with van der Waals surface area (Å²) in [6.07, 6.45) is 0.232. The number of sulfone groups is 1. The third kappa shape index (κ3) is 2.50. The lowest BCUT2D eigenvalue weighted by molar-refractivity contribution is -0.386. The molecular weight excluding hydrogens is 324 g/mol. The molecule has 0 bridgehead atoms. The van der Waals surface area contributed by atoms with Gasteiger partial charge in [-0.2, -0.15) is 0 Å². The molecule has 0 aliphatic carbocycles. The average molecular weight is 335 g/mol. The second-order valence-electron chi connectivity index (χ2n) is 4.20. The Labute approximate surface area is 124 Å². The smallest absolute Gasteiger partial charge is 0.258 e. The van der Waals surface area contributed by atoms with Gasteiger partial charge in [0.2, 0.25) is 0 Å². The zero-order valence-electron chi connectivity index (χ0n) is 10.4. The maximum atomic E-state index is 12.4. The summed E-state index contributed by atoms with van der Waals surface area (Å²) in [5.74, 6) is 0.174. The van der Waals surface area contributed by atoms with Gasteiger partial charge in [-0.1, -0.05) is 0 Å². The molecule has 20 heavy (non-hydrogen) atoms. The fourth-order valence-electron chi connectivity index (χ4n) is 1.83. The fourth-order valence-corrected chi connectivity index (χ4v) is 4.53. The number of nitro groups is 1. The summed E-state index contributed by atoms with van der Waals surface area (Å²) in [5, 5.41) is 10.5. The Morgan fingerprint density at radius 2 is 2.20 bits per heavy atom. The summed E-state index contributed by atoms with van der Waals surface area (Å²) < 4.78 is 25.4. The maximum absolute atomic E-state index is 12.4. The highest BCUT2D eigenvalue weighted by Gasteiger charge is 2.33. The summed E-state index contributed by atoms with van der Waals surface area (Å²) >= 11 is 6.79. The van der Waals surface area contributed by atoms with Gasteiger partial charge in [-0.3, -0.25) is 10.1 Å². The summed E-state index contributed by atoms with van der Waals surface area (Å²) in [4.78, 5) is 14.2. The van der Waals surface area contributed by atoms with Crippen LogP contribution in [0.25, 0.3) is 10.2 Å². The Hall–Kier alpha value is -1.25. The first-order valence-corrected chi connectivity index (χ1v) is 8.66. The van der Waals surface area contributed by atoms with Crippen LogP contribution < -0.4 is 0 Å². The van der Waals surface area contributed by atoms with Crippen LogP contribution in [0.4, 0.5) is 5.69 Å². The molecule has 1 aromatic carbocycles. The van der Waals surface area contributed by atoms with Crippen molar-refractivity contribution in [3.05, 3.63) is 27.8 Å². The number of alkyl halides is 1. The van der Waals surface area contributed by atoms with E-state index in [1.165, 1.54) is 29.8 Å². The number of hydrogen-bond donors (Lipinski definition) is 0. The Balaban J connectivity index is 2.71. The molecule has 2 rings (SSSR count). The van der Waals surface area contributed by atoms with Gasteiger partial charge in [0, 0.05) is 5.88 Å². The minimum Gasteiger partial charge on any atom is -0.258 e. The molecule has 1 heterocycles. The lowest BCUT2D eigenvalue weighted by atomic mass is 10.3. The van der Waals surface area contributed by atoms with Crippen molar-refractivity contribution in [2.45, 2.75) is 23.5 Å². The van der Waals surface area contributed by atoms with E-state index in [4.69, 9.17) is 11.6 Å². The van der Waals surface area contributed by atoms with Gasteiger partial charge >= 0.3 is 5.69 Å². The summed E-state index contributed by atoms with van der Waals surface area (Å²) in [6, 6.07) is 2.82. The number of aromatic nitrogens is 1. The Kier molecular flexibility index (Phi) is 4.26. The van der Waals surface area contributed by atoms with Crippen LogP contribution in [0.3, 0.4) is 0 Å². The SMILES string of the molecule is CC(CCCl)S(=O)(=O)c1ccc2scnc2c1[N+](=O)[O-]. The van der Waals surface area contributed by atoms with E-state index in [1.54, 1.807) is 6.07 Å². The summed E-state index contributed by atoms with van der Waals surface area (Å²) in [7, 11) is -3.81. The van der Waals surface area contributed by atoms with Crippen LogP contribution in [0.5, 0.6) is 0 Å². The molecule has 9 heteroatoms. The van der Waals surface area contributed by atoms with Gasteiger partial charge in [-0.05, 0) is 25.5 Å². The minimum absolute atomic E-state index is 0.110. The highest BCUT2D eigenvalue weighted by molar-refractivity contribution is 7.92. The lowest BCUT2D eigenvalue weighted by Crippen LogP contribution is -2.19. The van der Waals surface area contributed by atoms with Crippen molar-refractivity contribution in [3.63, 3.8) is 0 Å². The number of thiazole rings is 1. The van der Waals surface area contributed by atoms with Crippen LogP contribution in [-0.2, 0) is 9.84 Å². The monoisotopic (exact) mass is 334 g/mol. The van der Waals surface area contributed by atoms with Crippen molar-refractivity contribution in [1.82, 2.24) is 4.98 Å². The number of fused-ring (bicyclic) bond motifs is 1. The number of nitro benzene ring substituents is 1. The van der Waals surface area contributed by atoms with Crippen LogP contribution in [0.15, 0.2) is 22.5 Å². The highest BCUT2D eigenvalue weighted by atomic mass is 35.5. The van der Waals surface area contributed by atoms with Crippen molar-refractivity contribution < 1.29 is 13.3 Å². The lowest BCUT2D eigenvalue weighted by Gasteiger charge is -2.11. The first-order valence-electron chi connectivity index (χ1n) is 5.70. The van der Waals surface area contributed by atoms with Gasteiger partial charge in [-0.15, -0.1) is 22.9 Å². The molecule has 0 N–H and O–H groups in total. The Bertz CT molecular complexity index is 757. The molecule has 0 fully saturated rings. The molecule has 6 nitrogen and oxygen atoms in total. The van der Waals surface area contributed by atoms with E-state index in [9.17, 15) is 18.5 Å². The Morgan fingerprint density at radius 3 is 2.80 bits per heavy atom. The Morgan fingerprint density at radius 1 is 1.50 bits per heavy atom. The molecule has 0 saturated carbocycles. The molecule has 0 aliphatic heterocycles. The topological polar surface area (TPSA) is 90.2 Å². The highest BCUT2D eigenvalue weighted by Crippen LogP contribution is 2.35. The van der Waals surface area contributed by atoms with E-state index in [0.717, 1.165) is 0 Å². The van der Waals surface area contributed by atoms with Gasteiger partial charge in [-0.25, -0.2) is 13.4 Å². The van der Waals surface area contributed by atoms with Crippen LogP contribution in [0, 0.1) is 10.1 Å². The number of nitrogens with zero attached hydrogens (tertiary/aromatic N) is 2. The predicted molar refractivity (Wildman–Crippen MR) is 78.3 cm³/mol. The fraction of sp³-hybridized carbons (Fsp3) is 0.364. The van der Waals surface area contributed by atoms with Crippen LogP contribution in [0.1, 0.15) is 13.3 Å². The van der Waals surface area contributed by atoms with Gasteiger partial charge in [0.05, 0.1) is 20.4 Å². The van der Waals surface area contributed by atoms with Gasteiger partial charge < -0.3 is 0 Å². The average Bonchev–Trinajstić information content (AvgIpc) is 2.85. The molecule has 1 atom stereocenters. The van der Waals surface area contributed by atoms with E-state index in [2.05, 4.69) is 4.98 Å². The molecule has 1 aromatic heterocycles. The van der Waals surface area contributed by atoms with E-state index in [-0.39, 0.29) is 22.7 Å². The zero-order valence-corrected chi connectivity index (χ0v) is 12.8. The molecule has 2 aromatic rings. The molecule has 0 spiro atoms. The van der Waals surface area contributed by atoms with Gasteiger partial charge in [0.25, 0.3) is 0 Å². The molecule has 0 amide bonds. The second kappa shape index (κ2) is 5.63. The van der Waals surface area contributed by atoms with Crippen LogP contribution >= 0.6 is 22.9 Å². The van der Waals surface area contributed by atoms with Crippen molar-refractivity contribution >= 4 is 48.7 Å². The van der Waals surface area contributed by atoms with Gasteiger partial charge in [0.15, 0.2) is 15.4 Å². The minimum atomic E-state index is -3.81. The van der Waals surface area contributed by atoms with Crippen molar-refractivity contribution in [3.8, 4) is 0 Å². The molecule has 108 valence electrons. The van der Waals surface area contributed by atoms with Crippen molar-refractivity contribution in [2.24, 2.45) is 0 Å². The third-order valence-electron chi connectivity index (χ3n) is 2.97. The maximum Gasteiger partial charge on any atom is 0.314 e. The molecular formula is C11H11ClN2O4S2. The number of hydrogen-bond acceptors (Lipinski definition) is 6. The predicted octanol–water partition coefficient (Wildman–Crippen LogP) is 3.00. The van der Waals surface area contributed by atoms with Gasteiger partial charge in [0.1, 0.15) is 4.90 Å². The summed E-state index contributed by atoms with van der Waals surface area (Å²) in [6.45, 7) is 1.49. The standard InChI is InChI=1S/C11H11ClN2O4S2/c1-7(4-5-12)20(17,18)9-3-2-8-10(13-6-19-8)11(9)14(15)16/h2-3,6-7H,4-5H2,1H3. The van der Waals surface area contributed by atoms with E-state index >= 15 is 0 Å². The number of benzene rings is 1. The van der Waals surface area contributed by atoms with E-state index < -0.39 is 25.7 Å². The molecule has 0 saturated heterocycles. The van der Waals surface area contributed by atoms with Crippen LogP contribution in [-0.4, -0.2) is 29.5 Å². The van der Waals surface area contributed by atoms with Crippen molar-refractivity contribution in [2.75, 3.05) is 5.88 Å². The van der Waals surface area contributed by atoms with Crippen LogP contribution in [0.2, 0.25) is 0 Å². The van der Waals surface area contributed by atoms with Crippen molar-refractivity contribution in [1.29, 1.82) is 0 Å². The van der Waals surface area contributed by atoms with E-state index in [1.807, 2.05) is 0 Å². The normalized spacial score (nSPS) is 13.5. The largest absolute Gasteiger partial charge is 0.314 e. The number of rotatable bonds is 5. The molecule has 0 radical (unpaired) electrons. The molecule has 1 unspecified atom stereocenters. The van der Waals surface area contributed by atoms with E-state index in [0.29, 0.717) is 4.70 Å². The molecule has 0 aliphatic rings. The zero-order chi connectivity index (χ0) is 14.9. The first-order chi connectivity index (χ1) is 9.39. The summed E-state index contributed by atoms with van der Waals surface area (Å²) in [5.41, 5.74) is 1.11. The first kappa shape index (κ1) is 15.1.